The monoisotopic (exact) mass is 757 g/mol. The number of benzene rings is 3. The SMILES string of the molecule is O=C(c1ccc(F)cc1)N(CC1CCCC(N(Cc2cccc(C(F)(F)F)c2)C(=O)C(Cl)(Cl)Cl)C1)c1cccc(OCCN2CCOCC2)c1. The van der Waals surface area contributed by atoms with Gasteiger partial charge in [0.05, 0.1) is 18.8 Å². The Hall–Kier alpha value is -3.09. The van der Waals surface area contributed by atoms with Crippen LogP contribution in [0.2, 0.25) is 0 Å². The Kier molecular flexibility index (Phi) is 12.9. The van der Waals surface area contributed by atoms with Crippen molar-refractivity contribution in [3.8, 4) is 5.75 Å². The van der Waals surface area contributed by atoms with Crippen LogP contribution in [0, 0.1) is 11.7 Å². The van der Waals surface area contributed by atoms with Crippen LogP contribution in [0.4, 0.5) is 23.2 Å². The molecule has 2 atom stereocenters. The summed E-state index contributed by atoms with van der Waals surface area (Å²) in [6, 6.07) is 16.7. The minimum atomic E-state index is -4.57. The van der Waals surface area contributed by atoms with E-state index in [1.54, 1.807) is 23.1 Å². The molecule has 1 saturated heterocycles. The summed E-state index contributed by atoms with van der Waals surface area (Å²) in [5.41, 5.74) is 0.251. The van der Waals surface area contributed by atoms with Crippen LogP contribution in [0.15, 0.2) is 72.8 Å². The maximum absolute atomic E-state index is 14.0. The van der Waals surface area contributed by atoms with E-state index in [1.807, 2.05) is 6.07 Å². The summed E-state index contributed by atoms with van der Waals surface area (Å²) in [5.74, 6) is -1.23. The van der Waals surface area contributed by atoms with Gasteiger partial charge in [-0.3, -0.25) is 14.5 Å². The van der Waals surface area contributed by atoms with Crippen LogP contribution in [0.3, 0.4) is 0 Å². The van der Waals surface area contributed by atoms with Crippen LogP contribution in [-0.4, -0.2) is 77.4 Å². The lowest BCUT2D eigenvalue weighted by atomic mass is 9.84. The number of amides is 2. The van der Waals surface area contributed by atoms with Gasteiger partial charge < -0.3 is 19.3 Å². The molecule has 0 radical (unpaired) electrons. The van der Waals surface area contributed by atoms with E-state index >= 15 is 0 Å². The van der Waals surface area contributed by atoms with Crippen molar-refractivity contribution in [3.63, 3.8) is 0 Å². The van der Waals surface area contributed by atoms with E-state index in [0.29, 0.717) is 56.9 Å². The lowest BCUT2D eigenvalue weighted by Gasteiger charge is -2.40. The van der Waals surface area contributed by atoms with E-state index in [2.05, 4.69) is 4.90 Å². The molecule has 1 aliphatic carbocycles. The molecular formula is C36H38Cl3F4N3O4. The van der Waals surface area contributed by atoms with E-state index < -0.39 is 33.3 Å². The van der Waals surface area contributed by atoms with Crippen molar-refractivity contribution in [3.05, 3.63) is 95.3 Å². The first kappa shape index (κ1) is 38.1. The van der Waals surface area contributed by atoms with Crippen LogP contribution in [0.1, 0.15) is 47.2 Å². The number of ether oxygens (including phenoxy) is 2. The molecule has 2 aliphatic rings. The number of carbonyl (C=O) groups excluding carboxylic acids is 2. The Bertz CT molecular complexity index is 1600. The first-order valence-corrected chi connectivity index (χ1v) is 17.6. The highest BCUT2D eigenvalue weighted by Gasteiger charge is 2.40. The Morgan fingerprint density at radius 2 is 1.66 bits per heavy atom. The molecule has 270 valence electrons. The van der Waals surface area contributed by atoms with Crippen molar-refractivity contribution >= 4 is 52.3 Å². The number of hydrogen-bond donors (Lipinski definition) is 0. The third-order valence-corrected chi connectivity index (χ3v) is 9.48. The van der Waals surface area contributed by atoms with Crippen molar-refractivity contribution < 1.29 is 36.6 Å². The second kappa shape index (κ2) is 17.0. The van der Waals surface area contributed by atoms with Crippen molar-refractivity contribution in [2.24, 2.45) is 5.92 Å². The molecular weight excluding hydrogens is 721 g/mol. The van der Waals surface area contributed by atoms with Gasteiger partial charge in [-0.25, -0.2) is 4.39 Å². The fourth-order valence-corrected chi connectivity index (χ4v) is 6.78. The first-order valence-electron chi connectivity index (χ1n) is 16.4. The van der Waals surface area contributed by atoms with Gasteiger partial charge in [0.2, 0.25) is 0 Å². The van der Waals surface area contributed by atoms with Gasteiger partial charge in [0.15, 0.2) is 0 Å². The zero-order valence-corrected chi connectivity index (χ0v) is 29.5. The smallest absolute Gasteiger partial charge is 0.416 e. The summed E-state index contributed by atoms with van der Waals surface area (Å²) in [6.45, 7) is 4.23. The molecule has 0 bridgehead atoms. The summed E-state index contributed by atoms with van der Waals surface area (Å²) >= 11 is 18.1. The zero-order chi connectivity index (χ0) is 35.9. The second-order valence-electron chi connectivity index (χ2n) is 12.5. The van der Waals surface area contributed by atoms with Crippen molar-refractivity contribution in [2.45, 2.75) is 48.2 Å². The van der Waals surface area contributed by atoms with E-state index in [4.69, 9.17) is 44.3 Å². The molecule has 2 amide bonds. The second-order valence-corrected chi connectivity index (χ2v) is 14.8. The summed E-state index contributed by atoms with van der Waals surface area (Å²) in [6.07, 6.45) is -2.28. The lowest BCUT2D eigenvalue weighted by molar-refractivity contribution is -0.137. The van der Waals surface area contributed by atoms with Gasteiger partial charge >= 0.3 is 6.18 Å². The number of hydrogen-bond acceptors (Lipinski definition) is 5. The van der Waals surface area contributed by atoms with Crippen molar-refractivity contribution in [1.29, 1.82) is 0 Å². The molecule has 3 aromatic carbocycles. The van der Waals surface area contributed by atoms with Gasteiger partial charge in [-0.15, -0.1) is 0 Å². The maximum atomic E-state index is 14.0. The molecule has 3 aromatic rings. The highest BCUT2D eigenvalue weighted by atomic mass is 35.6. The number of anilines is 1. The average molecular weight is 759 g/mol. The Labute approximate surface area is 304 Å². The molecule has 2 fully saturated rings. The number of morpholine rings is 1. The van der Waals surface area contributed by atoms with Gasteiger partial charge in [0.1, 0.15) is 18.2 Å². The number of carbonyl (C=O) groups is 2. The van der Waals surface area contributed by atoms with Gasteiger partial charge in [-0.2, -0.15) is 13.2 Å². The highest BCUT2D eigenvalue weighted by molar-refractivity contribution is 6.76. The Morgan fingerprint density at radius 1 is 0.940 bits per heavy atom. The van der Waals surface area contributed by atoms with E-state index in [-0.39, 0.29) is 36.0 Å². The number of halogens is 7. The topological polar surface area (TPSA) is 62.3 Å². The van der Waals surface area contributed by atoms with Gasteiger partial charge in [-0.05, 0) is 79.3 Å². The third-order valence-electron chi connectivity index (χ3n) is 8.99. The highest BCUT2D eigenvalue weighted by Crippen LogP contribution is 2.37. The Balaban J connectivity index is 1.37. The molecule has 1 heterocycles. The minimum absolute atomic E-state index is 0.142. The summed E-state index contributed by atoms with van der Waals surface area (Å²) in [4.78, 5) is 32.6. The quantitative estimate of drug-likeness (QED) is 0.146. The lowest BCUT2D eigenvalue weighted by Crippen LogP contribution is -2.48. The summed E-state index contributed by atoms with van der Waals surface area (Å²) < 4.78 is 63.4. The molecule has 0 aromatic heterocycles. The van der Waals surface area contributed by atoms with E-state index in [1.165, 1.54) is 41.3 Å². The fraction of sp³-hybridized carbons (Fsp3) is 0.444. The van der Waals surface area contributed by atoms with Crippen LogP contribution in [0.25, 0.3) is 0 Å². The summed E-state index contributed by atoms with van der Waals surface area (Å²) in [5, 5.41) is 0. The molecule has 1 saturated carbocycles. The predicted molar refractivity (Wildman–Crippen MR) is 185 cm³/mol. The molecule has 2 unspecified atom stereocenters. The van der Waals surface area contributed by atoms with Gasteiger partial charge in [0, 0.05) is 56.1 Å². The molecule has 50 heavy (non-hydrogen) atoms. The minimum Gasteiger partial charge on any atom is -0.492 e. The predicted octanol–water partition coefficient (Wildman–Crippen LogP) is 8.16. The zero-order valence-electron chi connectivity index (χ0n) is 27.2. The summed E-state index contributed by atoms with van der Waals surface area (Å²) in [7, 11) is 0. The first-order chi connectivity index (χ1) is 23.8. The standard InChI is InChI=1S/C36H38Cl3F4N3O4/c37-35(38,39)34(48)46(24-25-4-1-6-28(20-25)36(41,42)43)30-7-2-5-26(21-30)23-45(33(47)27-10-12-29(40)13-11-27)31-8-3-9-32(22-31)50-19-16-44-14-17-49-18-15-44/h1,3-4,6,8-13,20,22,26,30H,2,5,7,14-19,21,23-24H2. The molecule has 5 rings (SSSR count). The van der Waals surface area contributed by atoms with Gasteiger partial charge in [0.25, 0.3) is 15.6 Å². The van der Waals surface area contributed by atoms with Crippen molar-refractivity contribution in [1.82, 2.24) is 9.80 Å². The maximum Gasteiger partial charge on any atom is 0.416 e. The van der Waals surface area contributed by atoms with Crippen LogP contribution >= 0.6 is 34.8 Å². The number of nitrogens with zero attached hydrogens (tertiary/aromatic N) is 3. The number of rotatable bonds is 11. The number of alkyl halides is 6. The van der Waals surface area contributed by atoms with Crippen LogP contribution in [-0.2, 0) is 22.3 Å². The van der Waals surface area contributed by atoms with E-state index in [0.717, 1.165) is 31.8 Å². The van der Waals surface area contributed by atoms with Gasteiger partial charge in [-0.1, -0.05) is 59.4 Å². The average Bonchev–Trinajstić information content (AvgIpc) is 3.09. The molecule has 7 nitrogen and oxygen atoms in total. The Morgan fingerprint density at radius 3 is 2.36 bits per heavy atom. The molecule has 1 aliphatic heterocycles. The molecule has 0 N–H and O–H groups in total. The van der Waals surface area contributed by atoms with E-state index in [9.17, 15) is 27.2 Å². The fourth-order valence-electron chi connectivity index (χ4n) is 6.45. The molecule has 0 spiro atoms. The third kappa shape index (κ3) is 10.5. The largest absolute Gasteiger partial charge is 0.492 e. The van der Waals surface area contributed by atoms with Crippen molar-refractivity contribution in [2.75, 3.05) is 50.9 Å². The van der Waals surface area contributed by atoms with Crippen LogP contribution < -0.4 is 9.64 Å². The molecule has 14 heteroatoms. The van der Waals surface area contributed by atoms with Crippen LogP contribution in [0.5, 0.6) is 5.75 Å². The normalized spacial score (nSPS) is 18.8.